The molecule has 0 radical (unpaired) electrons. The Labute approximate surface area is 162 Å². The van der Waals surface area contributed by atoms with Crippen LogP contribution >= 0.6 is 0 Å². The highest BCUT2D eigenvalue weighted by Crippen LogP contribution is 2.26. The Balaban J connectivity index is 1.29. The Morgan fingerprint density at radius 2 is 1.63 bits per heavy atom. The van der Waals surface area contributed by atoms with Crippen LogP contribution in [0.15, 0.2) is 54.6 Å². The van der Waals surface area contributed by atoms with Crippen LogP contribution in [0.4, 0.5) is 5.69 Å². The van der Waals surface area contributed by atoms with E-state index in [4.69, 9.17) is 9.47 Å². The summed E-state index contributed by atoms with van der Waals surface area (Å²) in [5.74, 6) is 0. The van der Waals surface area contributed by atoms with Crippen molar-refractivity contribution in [2.24, 2.45) is 0 Å². The van der Waals surface area contributed by atoms with Gasteiger partial charge in [-0.1, -0.05) is 42.5 Å². The number of hydrogen-bond donors (Lipinski definition) is 0. The molecule has 0 saturated carbocycles. The summed E-state index contributed by atoms with van der Waals surface area (Å²) in [6, 6.07) is 20.2. The normalized spacial score (nSPS) is 21.6. The van der Waals surface area contributed by atoms with Crippen molar-refractivity contribution in [3.05, 3.63) is 54.6 Å². The second-order valence-corrected chi connectivity index (χ2v) is 7.64. The predicted octanol–water partition coefficient (Wildman–Crippen LogP) is 3.67. The van der Waals surface area contributed by atoms with Crippen LogP contribution in [-0.4, -0.2) is 63.5 Å². The molecule has 0 aliphatic carbocycles. The Hall–Kier alpha value is -1.88. The van der Waals surface area contributed by atoms with Gasteiger partial charge in [0.15, 0.2) is 0 Å². The summed E-state index contributed by atoms with van der Waals surface area (Å²) in [6.45, 7) is 5.40. The van der Waals surface area contributed by atoms with Crippen LogP contribution in [0.25, 0.3) is 11.1 Å². The van der Waals surface area contributed by atoms with Crippen LogP contribution in [0.3, 0.4) is 0 Å². The fraction of sp³-hybridized carbons (Fsp3) is 0.478. The van der Waals surface area contributed by atoms with Crippen LogP contribution < -0.4 is 4.90 Å². The first-order valence-electron chi connectivity index (χ1n) is 10.1. The number of likely N-dealkylation sites (N-methyl/N-ethyl adjacent to an activating group) is 1. The lowest BCUT2D eigenvalue weighted by molar-refractivity contribution is -0.0989. The van der Waals surface area contributed by atoms with Crippen molar-refractivity contribution in [3.63, 3.8) is 0 Å². The van der Waals surface area contributed by atoms with Crippen molar-refractivity contribution >= 4 is 5.69 Å². The first-order chi connectivity index (χ1) is 13.3. The van der Waals surface area contributed by atoms with Gasteiger partial charge in [-0.25, -0.2) is 0 Å². The van der Waals surface area contributed by atoms with E-state index in [-0.39, 0.29) is 6.10 Å². The third-order valence-electron chi connectivity index (χ3n) is 5.80. The standard InChI is InChI=1S/C23H30N2O2/c1-24(17-23-18-26-15-16-27-23)21-11-13-25(14-12-21)22-9-7-20(8-10-22)19-5-3-2-4-6-19/h2-10,21,23H,11-18H2,1H3. The third-order valence-corrected chi connectivity index (χ3v) is 5.80. The summed E-state index contributed by atoms with van der Waals surface area (Å²) in [6.07, 6.45) is 2.63. The highest BCUT2D eigenvalue weighted by molar-refractivity contribution is 5.66. The Bertz CT molecular complexity index is 690. The minimum atomic E-state index is 0.229. The lowest BCUT2D eigenvalue weighted by Gasteiger charge is -2.39. The molecular weight excluding hydrogens is 336 g/mol. The zero-order valence-electron chi connectivity index (χ0n) is 16.2. The van der Waals surface area contributed by atoms with Gasteiger partial charge < -0.3 is 19.3 Å². The average Bonchev–Trinajstić information content (AvgIpc) is 2.75. The summed E-state index contributed by atoms with van der Waals surface area (Å²) in [7, 11) is 2.23. The molecule has 4 rings (SSSR count). The molecule has 0 bridgehead atoms. The van der Waals surface area contributed by atoms with Gasteiger partial charge in [-0.3, -0.25) is 0 Å². The molecule has 0 spiro atoms. The molecular formula is C23H30N2O2. The van der Waals surface area contributed by atoms with E-state index in [1.807, 2.05) is 0 Å². The molecule has 2 saturated heterocycles. The van der Waals surface area contributed by atoms with Gasteiger partial charge in [0, 0.05) is 31.4 Å². The smallest absolute Gasteiger partial charge is 0.0936 e. The Morgan fingerprint density at radius 1 is 0.926 bits per heavy atom. The van der Waals surface area contributed by atoms with E-state index >= 15 is 0 Å². The first-order valence-corrected chi connectivity index (χ1v) is 10.1. The minimum absolute atomic E-state index is 0.229. The summed E-state index contributed by atoms with van der Waals surface area (Å²) < 4.78 is 11.3. The molecule has 0 amide bonds. The number of ether oxygens (including phenoxy) is 2. The Kier molecular flexibility index (Phi) is 6.07. The zero-order chi connectivity index (χ0) is 18.5. The number of piperidine rings is 1. The van der Waals surface area contributed by atoms with Crippen LogP contribution in [0, 0.1) is 0 Å². The van der Waals surface area contributed by atoms with Crippen LogP contribution in [0.2, 0.25) is 0 Å². The largest absolute Gasteiger partial charge is 0.376 e. The first kappa shape index (κ1) is 18.5. The van der Waals surface area contributed by atoms with Crippen LogP contribution in [0.5, 0.6) is 0 Å². The minimum Gasteiger partial charge on any atom is -0.376 e. The van der Waals surface area contributed by atoms with E-state index in [2.05, 4.69) is 71.4 Å². The van der Waals surface area contributed by atoms with Crippen molar-refractivity contribution < 1.29 is 9.47 Å². The lowest BCUT2D eigenvalue weighted by Crippen LogP contribution is -2.47. The van der Waals surface area contributed by atoms with Gasteiger partial charge in [0.05, 0.1) is 25.9 Å². The molecule has 27 heavy (non-hydrogen) atoms. The van der Waals surface area contributed by atoms with Crippen molar-refractivity contribution in [2.45, 2.75) is 25.0 Å². The van der Waals surface area contributed by atoms with Crippen molar-refractivity contribution in [1.29, 1.82) is 0 Å². The molecule has 1 unspecified atom stereocenters. The third kappa shape index (κ3) is 4.70. The zero-order valence-corrected chi connectivity index (χ0v) is 16.2. The summed E-state index contributed by atoms with van der Waals surface area (Å²) in [4.78, 5) is 4.98. The second kappa shape index (κ2) is 8.87. The van der Waals surface area contributed by atoms with Gasteiger partial charge in [-0.05, 0) is 43.1 Å². The molecule has 4 heteroatoms. The molecule has 2 aliphatic rings. The molecule has 4 nitrogen and oxygen atoms in total. The SMILES string of the molecule is CN(CC1COCCO1)C1CCN(c2ccc(-c3ccccc3)cc2)CC1. The van der Waals surface area contributed by atoms with E-state index in [0.717, 1.165) is 39.5 Å². The quantitative estimate of drug-likeness (QED) is 0.806. The molecule has 2 aromatic rings. The van der Waals surface area contributed by atoms with Gasteiger partial charge in [-0.15, -0.1) is 0 Å². The molecule has 2 heterocycles. The summed E-state index contributed by atoms with van der Waals surface area (Å²) >= 11 is 0. The van der Waals surface area contributed by atoms with Crippen LogP contribution in [-0.2, 0) is 9.47 Å². The van der Waals surface area contributed by atoms with Crippen molar-refractivity contribution in [2.75, 3.05) is 51.4 Å². The molecule has 2 aliphatic heterocycles. The Morgan fingerprint density at radius 3 is 2.30 bits per heavy atom. The topological polar surface area (TPSA) is 24.9 Å². The van der Waals surface area contributed by atoms with E-state index in [9.17, 15) is 0 Å². The number of rotatable bonds is 5. The van der Waals surface area contributed by atoms with Gasteiger partial charge in [0.2, 0.25) is 0 Å². The number of nitrogens with zero attached hydrogens (tertiary/aromatic N) is 2. The predicted molar refractivity (Wildman–Crippen MR) is 110 cm³/mol. The van der Waals surface area contributed by atoms with Gasteiger partial charge in [-0.2, -0.15) is 0 Å². The fourth-order valence-electron chi connectivity index (χ4n) is 4.17. The fourth-order valence-corrected chi connectivity index (χ4v) is 4.17. The number of anilines is 1. The molecule has 2 fully saturated rings. The molecule has 144 valence electrons. The monoisotopic (exact) mass is 366 g/mol. The molecule has 0 N–H and O–H groups in total. The maximum Gasteiger partial charge on any atom is 0.0936 e. The van der Waals surface area contributed by atoms with Crippen molar-refractivity contribution in [1.82, 2.24) is 4.90 Å². The molecule has 0 aromatic heterocycles. The number of benzene rings is 2. The maximum absolute atomic E-state index is 5.80. The highest BCUT2D eigenvalue weighted by atomic mass is 16.6. The lowest BCUT2D eigenvalue weighted by atomic mass is 10.0. The van der Waals surface area contributed by atoms with Gasteiger partial charge in [0.25, 0.3) is 0 Å². The maximum atomic E-state index is 5.80. The summed E-state index contributed by atoms with van der Waals surface area (Å²) in [5.41, 5.74) is 3.89. The second-order valence-electron chi connectivity index (χ2n) is 7.64. The van der Waals surface area contributed by atoms with Gasteiger partial charge >= 0.3 is 0 Å². The van der Waals surface area contributed by atoms with Crippen molar-refractivity contribution in [3.8, 4) is 11.1 Å². The average molecular weight is 367 g/mol. The van der Waals surface area contributed by atoms with E-state index in [1.165, 1.54) is 29.7 Å². The van der Waals surface area contributed by atoms with E-state index < -0.39 is 0 Å². The van der Waals surface area contributed by atoms with Gasteiger partial charge in [0.1, 0.15) is 0 Å². The highest BCUT2D eigenvalue weighted by Gasteiger charge is 2.25. The van der Waals surface area contributed by atoms with Crippen LogP contribution in [0.1, 0.15) is 12.8 Å². The molecule has 2 aromatic carbocycles. The number of hydrogen-bond acceptors (Lipinski definition) is 4. The van der Waals surface area contributed by atoms with E-state index in [1.54, 1.807) is 0 Å². The van der Waals surface area contributed by atoms with E-state index in [0.29, 0.717) is 6.04 Å². The molecule has 1 atom stereocenters. The summed E-state index contributed by atoms with van der Waals surface area (Å²) in [5, 5.41) is 0.